The molecule has 2 aromatic rings. The van der Waals surface area contributed by atoms with Gasteiger partial charge in [0.1, 0.15) is 19.0 Å². The van der Waals surface area contributed by atoms with E-state index < -0.39 is 0 Å². The fourth-order valence-corrected chi connectivity index (χ4v) is 3.34. The number of carbonyl (C=O) groups excluding carboxylic acids is 2. The standard InChI is InChI=1S/C21H22N2O5/c1-12(2)20(13-3-6-17-18(10-13)27-8-7-26-17)23-21(25)14-4-5-16-15(9-14)22-19(24)11-28-16/h3-6,9-10,12,20H,7-8,11H2,1-2H3,(H,22,24)(H,23,25)/t20-/m0/s1. The number of hydrogen-bond acceptors (Lipinski definition) is 5. The molecule has 0 bridgehead atoms. The lowest BCUT2D eigenvalue weighted by Gasteiger charge is -2.26. The molecular formula is C21H22N2O5. The molecule has 2 aromatic carbocycles. The van der Waals surface area contributed by atoms with Crippen LogP contribution in [0, 0.1) is 5.92 Å². The molecule has 7 nitrogen and oxygen atoms in total. The average Bonchev–Trinajstić information content (AvgIpc) is 2.70. The van der Waals surface area contributed by atoms with Gasteiger partial charge in [0.2, 0.25) is 0 Å². The fraction of sp³-hybridized carbons (Fsp3) is 0.333. The first-order chi connectivity index (χ1) is 13.5. The van der Waals surface area contributed by atoms with E-state index in [2.05, 4.69) is 10.6 Å². The highest BCUT2D eigenvalue weighted by atomic mass is 16.6. The maximum Gasteiger partial charge on any atom is 0.262 e. The molecule has 7 heteroatoms. The van der Waals surface area contributed by atoms with Crippen molar-refractivity contribution in [1.82, 2.24) is 5.32 Å². The van der Waals surface area contributed by atoms with Crippen molar-refractivity contribution >= 4 is 17.5 Å². The van der Waals surface area contributed by atoms with Gasteiger partial charge in [0, 0.05) is 5.56 Å². The Morgan fingerprint density at radius 1 is 1.00 bits per heavy atom. The van der Waals surface area contributed by atoms with Crippen LogP contribution >= 0.6 is 0 Å². The third-order valence-electron chi connectivity index (χ3n) is 4.75. The van der Waals surface area contributed by atoms with E-state index in [1.165, 1.54) is 0 Å². The number of hydrogen-bond donors (Lipinski definition) is 2. The lowest BCUT2D eigenvalue weighted by Crippen LogP contribution is -2.32. The van der Waals surface area contributed by atoms with Gasteiger partial charge in [-0.1, -0.05) is 19.9 Å². The number of carbonyl (C=O) groups is 2. The molecule has 146 valence electrons. The summed E-state index contributed by atoms with van der Waals surface area (Å²) in [7, 11) is 0. The molecule has 0 unspecified atom stereocenters. The van der Waals surface area contributed by atoms with E-state index in [-0.39, 0.29) is 30.4 Å². The molecule has 0 aromatic heterocycles. The third-order valence-corrected chi connectivity index (χ3v) is 4.75. The van der Waals surface area contributed by atoms with Crippen LogP contribution < -0.4 is 24.8 Å². The smallest absolute Gasteiger partial charge is 0.262 e. The summed E-state index contributed by atoms with van der Waals surface area (Å²) >= 11 is 0. The van der Waals surface area contributed by atoms with Crippen LogP contribution in [0.1, 0.15) is 35.8 Å². The van der Waals surface area contributed by atoms with E-state index in [9.17, 15) is 9.59 Å². The number of nitrogens with one attached hydrogen (secondary N) is 2. The SMILES string of the molecule is CC(C)[C@H](NC(=O)c1ccc2c(c1)NC(=O)CO2)c1ccc2c(c1)OCCO2. The van der Waals surface area contributed by atoms with Crippen LogP contribution in [0.5, 0.6) is 17.2 Å². The molecule has 28 heavy (non-hydrogen) atoms. The molecule has 0 aliphatic carbocycles. The van der Waals surface area contributed by atoms with Crippen LogP contribution in [0.3, 0.4) is 0 Å². The van der Waals surface area contributed by atoms with Crippen molar-refractivity contribution in [1.29, 1.82) is 0 Å². The van der Waals surface area contributed by atoms with Gasteiger partial charge in [0.25, 0.3) is 11.8 Å². The van der Waals surface area contributed by atoms with E-state index in [1.54, 1.807) is 18.2 Å². The highest BCUT2D eigenvalue weighted by molar-refractivity contribution is 6.00. The number of ether oxygens (including phenoxy) is 3. The van der Waals surface area contributed by atoms with Gasteiger partial charge in [-0.3, -0.25) is 9.59 Å². The number of fused-ring (bicyclic) bond motifs is 2. The van der Waals surface area contributed by atoms with Gasteiger partial charge in [-0.05, 0) is 41.8 Å². The van der Waals surface area contributed by atoms with Crippen molar-refractivity contribution in [2.45, 2.75) is 19.9 Å². The van der Waals surface area contributed by atoms with Gasteiger partial charge >= 0.3 is 0 Å². The number of benzene rings is 2. The minimum Gasteiger partial charge on any atom is -0.486 e. The van der Waals surface area contributed by atoms with E-state index in [1.807, 2.05) is 32.0 Å². The topological polar surface area (TPSA) is 85.9 Å². The van der Waals surface area contributed by atoms with Crippen LogP contribution in [0.2, 0.25) is 0 Å². The zero-order valence-corrected chi connectivity index (χ0v) is 15.8. The zero-order valence-electron chi connectivity index (χ0n) is 15.8. The summed E-state index contributed by atoms with van der Waals surface area (Å²) in [6, 6.07) is 10.5. The molecule has 0 saturated heterocycles. The summed E-state index contributed by atoms with van der Waals surface area (Å²) < 4.78 is 16.6. The van der Waals surface area contributed by atoms with Crippen LogP contribution in [0.15, 0.2) is 36.4 Å². The van der Waals surface area contributed by atoms with Crippen molar-refractivity contribution in [2.75, 3.05) is 25.1 Å². The van der Waals surface area contributed by atoms with Crippen molar-refractivity contribution < 1.29 is 23.8 Å². The van der Waals surface area contributed by atoms with E-state index in [4.69, 9.17) is 14.2 Å². The minimum absolute atomic E-state index is 0.0158. The lowest BCUT2D eigenvalue weighted by molar-refractivity contribution is -0.118. The minimum atomic E-state index is -0.235. The van der Waals surface area contributed by atoms with E-state index in [0.29, 0.717) is 41.7 Å². The monoisotopic (exact) mass is 382 g/mol. The van der Waals surface area contributed by atoms with Crippen molar-refractivity contribution in [2.24, 2.45) is 5.92 Å². The molecule has 1 atom stereocenters. The molecule has 2 aliphatic rings. The van der Waals surface area contributed by atoms with Gasteiger partial charge in [-0.15, -0.1) is 0 Å². The largest absolute Gasteiger partial charge is 0.486 e. The van der Waals surface area contributed by atoms with E-state index in [0.717, 1.165) is 5.56 Å². The Morgan fingerprint density at radius 2 is 1.75 bits per heavy atom. The Hall–Kier alpha value is -3.22. The maximum atomic E-state index is 12.9. The summed E-state index contributed by atoms with van der Waals surface area (Å²) in [6.45, 7) is 5.12. The Bertz CT molecular complexity index is 925. The van der Waals surface area contributed by atoms with Gasteiger partial charge in [0.15, 0.2) is 18.1 Å². The molecular weight excluding hydrogens is 360 g/mol. The van der Waals surface area contributed by atoms with Gasteiger partial charge < -0.3 is 24.8 Å². The summed E-state index contributed by atoms with van der Waals surface area (Å²) in [5, 5.41) is 5.81. The van der Waals surface area contributed by atoms with Crippen LogP contribution in [-0.4, -0.2) is 31.6 Å². The number of anilines is 1. The van der Waals surface area contributed by atoms with Crippen LogP contribution in [0.4, 0.5) is 5.69 Å². The predicted octanol–water partition coefficient (Wildman–Crippen LogP) is 2.92. The molecule has 2 N–H and O–H groups in total. The van der Waals surface area contributed by atoms with Crippen molar-refractivity contribution in [3.63, 3.8) is 0 Å². The molecule has 0 spiro atoms. The first-order valence-corrected chi connectivity index (χ1v) is 9.28. The first kappa shape index (κ1) is 18.2. The average molecular weight is 382 g/mol. The quantitative estimate of drug-likeness (QED) is 0.849. The number of rotatable bonds is 4. The molecule has 0 fully saturated rings. The Labute approximate surface area is 163 Å². The normalized spacial score (nSPS) is 15.9. The maximum absolute atomic E-state index is 12.9. The highest BCUT2D eigenvalue weighted by Gasteiger charge is 2.23. The van der Waals surface area contributed by atoms with Crippen LogP contribution in [0.25, 0.3) is 0 Å². The molecule has 2 amide bonds. The summed E-state index contributed by atoms with van der Waals surface area (Å²) in [4.78, 5) is 24.4. The van der Waals surface area contributed by atoms with Gasteiger partial charge in [-0.2, -0.15) is 0 Å². The molecule has 2 aliphatic heterocycles. The Balaban J connectivity index is 1.56. The highest BCUT2D eigenvalue weighted by Crippen LogP contribution is 2.35. The molecule has 0 saturated carbocycles. The lowest BCUT2D eigenvalue weighted by atomic mass is 9.95. The van der Waals surface area contributed by atoms with E-state index >= 15 is 0 Å². The summed E-state index contributed by atoms with van der Waals surface area (Å²) in [6.07, 6.45) is 0. The molecule has 0 radical (unpaired) electrons. The van der Waals surface area contributed by atoms with Crippen molar-refractivity contribution in [3.05, 3.63) is 47.5 Å². The fourth-order valence-electron chi connectivity index (χ4n) is 3.34. The molecule has 2 heterocycles. The second kappa shape index (κ2) is 7.42. The third kappa shape index (κ3) is 3.60. The van der Waals surface area contributed by atoms with Gasteiger partial charge in [0.05, 0.1) is 11.7 Å². The Morgan fingerprint density at radius 3 is 2.54 bits per heavy atom. The second-order valence-corrected chi connectivity index (χ2v) is 7.15. The predicted molar refractivity (Wildman–Crippen MR) is 103 cm³/mol. The first-order valence-electron chi connectivity index (χ1n) is 9.28. The second-order valence-electron chi connectivity index (χ2n) is 7.15. The zero-order chi connectivity index (χ0) is 19.7. The van der Waals surface area contributed by atoms with Crippen molar-refractivity contribution in [3.8, 4) is 17.2 Å². The number of amides is 2. The van der Waals surface area contributed by atoms with Crippen LogP contribution in [-0.2, 0) is 4.79 Å². The summed E-state index contributed by atoms with van der Waals surface area (Å²) in [5.74, 6) is 1.67. The molecule has 4 rings (SSSR count). The van der Waals surface area contributed by atoms with Gasteiger partial charge in [-0.25, -0.2) is 0 Å². The Kier molecular flexibility index (Phi) is 4.81. The summed E-state index contributed by atoms with van der Waals surface area (Å²) in [5.41, 5.74) is 1.90.